The number of anilines is 1. The van der Waals surface area contributed by atoms with Crippen LogP contribution in [0.15, 0.2) is 18.2 Å². The number of benzene rings is 1. The van der Waals surface area contributed by atoms with Gasteiger partial charge in [-0.15, -0.1) is 0 Å². The lowest BCUT2D eigenvalue weighted by molar-refractivity contribution is 0.112. The summed E-state index contributed by atoms with van der Waals surface area (Å²) in [6.07, 6.45) is 5.86. The maximum atomic E-state index is 10.7. The van der Waals surface area contributed by atoms with Gasteiger partial charge in [0, 0.05) is 18.7 Å². The molecule has 1 saturated carbocycles. The monoisotopic (exact) mass is 265 g/mol. The second kappa shape index (κ2) is 5.75. The van der Waals surface area contributed by atoms with Crippen LogP contribution in [0.3, 0.4) is 0 Å². The number of hydrogen-bond acceptors (Lipinski definition) is 2. The topological polar surface area (TPSA) is 20.3 Å². The Kier molecular flexibility index (Phi) is 4.28. The van der Waals surface area contributed by atoms with Gasteiger partial charge >= 0.3 is 0 Å². The van der Waals surface area contributed by atoms with Crippen LogP contribution in [0.5, 0.6) is 0 Å². The van der Waals surface area contributed by atoms with Crippen molar-refractivity contribution in [3.8, 4) is 0 Å². The summed E-state index contributed by atoms with van der Waals surface area (Å²) in [7, 11) is 2.10. The smallest absolute Gasteiger partial charge is 0.150 e. The van der Waals surface area contributed by atoms with Crippen molar-refractivity contribution in [2.45, 2.75) is 38.6 Å². The minimum atomic E-state index is 0.570. The second-order valence-electron chi connectivity index (χ2n) is 5.35. The van der Waals surface area contributed by atoms with Crippen LogP contribution in [0.2, 0.25) is 5.02 Å². The van der Waals surface area contributed by atoms with E-state index in [-0.39, 0.29) is 0 Å². The number of halogens is 1. The Morgan fingerprint density at radius 1 is 1.28 bits per heavy atom. The molecule has 0 saturated heterocycles. The first kappa shape index (κ1) is 13.4. The zero-order valence-electron chi connectivity index (χ0n) is 11.0. The number of aldehydes is 1. The second-order valence-corrected chi connectivity index (χ2v) is 5.76. The van der Waals surface area contributed by atoms with E-state index in [4.69, 9.17) is 11.6 Å². The first-order chi connectivity index (χ1) is 8.61. The van der Waals surface area contributed by atoms with Crippen molar-refractivity contribution >= 4 is 23.6 Å². The summed E-state index contributed by atoms with van der Waals surface area (Å²) in [6, 6.07) is 6.09. The standard InChI is InChI=1S/C15H20ClNO/c1-11-3-6-13(7-4-11)17(2)15-8-5-12(10-18)9-14(15)16/h5,8-11,13H,3-4,6-7H2,1-2H3. The number of nitrogens with zero attached hydrogens (tertiary/aromatic N) is 1. The van der Waals surface area contributed by atoms with Gasteiger partial charge in [-0.1, -0.05) is 18.5 Å². The SMILES string of the molecule is CC1CCC(N(C)c2ccc(C=O)cc2Cl)CC1. The summed E-state index contributed by atoms with van der Waals surface area (Å²) < 4.78 is 0. The molecule has 0 atom stereocenters. The molecule has 1 fully saturated rings. The lowest BCUT2D eigenvalue weighted by Gasteiger charge is -2.35. The highest BCUT2D eigenvalue weighted by atomic mass is 35.5. The zero-order chi connectivity index (χ0) is 13.1. The molecule has 0 radical (unpaired) electrons. The Bertz CT molecular complexity index is 425. The van der Waals surface area contributed by atoms with Crippen LogP contribution in [0.1, 0.15) is 43.0 Å². The molecule has 0 heterocycles. The third-order valence-corrected chi connectivity index (χ3v) is 4.32. The van der Waals surface area contributed by atoms with Gasteiger partial charge in [-0.25, -0.2) is 0 Å². The molecule has 0 unspecified atom stereocenters. The molecule has 3 heteroatoms. The Balaban J connectivity index is 2.13. The molecular weight excluding hydrogens is 246 g/mol. The molecule has 0 bridgehead atoms. The van der Waals surface area contributed by atoms with Crippen LogP contribution >= 0.6 is 11.6 Å². The maximum Gasteiger partial charge on any atom is 0.150 e. The summed E-state index contributed by atoms with van der Waals surface area (Å²) in [5, 5.41) is 0.667. The van der Waals surface area contributed by atoms with Crippen LogP contribution in [0.4, 0.5) is 5.69 Å². The van der Waals surface area contributed by atoms with Gasteiger partial charge < -0.3 is 4.90 Å². The van der Waals surface area contributed by atoms with Crippen molar-refractivity contribution in [1.82, 2.24) is 0 Å². The molecule has 0 spiro atoms. The van der Waals surface area contributed by atoms with Crippen molar-refractivity contribution < 1.29 is 4.79 Å². The first-order valence-corrected chi connectivity index (χ1v) is 6.97. The lowest BCUT2D eigenvalue weighted by atomic mass is 9.86. The Morgan fingerprint density at radius 2 is 1.94 bits per heavy atom. The average molecular weight is 266 g/mol. The minimum Gasteiger partial charge on any atom is -0.370 e. The summed E-state index contributed by atoms with van der Waals surface area (Å²) in [4.78, 5) is 13.0. The van der Waals surface area contributed by atoms with Gasteiger partial charge in [-0.05, 0) is 49.8 Å². The number of rotatable bonds is 3. The highest BCUT2D eigenvalue weighted by Crippen LogP contribution is 2.33. The van der Waals surface area contributed by atoms with Crippen molar-refractivity contribution in [1.29, 1.82) is 0 Å². The van der Waals surface area contributed by atoms with E-state index in [2.05, 4.69) is 18.9 Å². The molecule has 1 aromatic rings. The fourth-order valence-corrected chi connectivity index (χ4v) is 3.03. The van der Waals surface area contributed by atoms with Crippen LogP contribution < -0.4 is 4.90 Å². The molecule has 1 aromatic carbocycles. The van der Waals surface area contributed by atoms with Crippen molar-refractivity contribution in [2.24, 2.45) is 5.92 Å². The number of carbonyl (C=O) groups is 1. The molecule has 1 aliphatic carbocycles. The summed E-state index contributed by atoms with van der Waals surface area (Å²) in [5.41, 5.74) is 1.66. The fraction of sp³-hybridized carbons (Fsp3) is 0.533. The third-order valence-electron chi connectivity index (χ3n) is 4.02. The van der Waals surface area contributed by atoms with Gasteiger partial charge in [-0.3, -0.25) is 4.79 Å². The van der Waals surface area contributed by atoms with Crippen LogP contribution in [0, 0.1) is 5.92 Å². The predicted molar refractivity (Wildman–Crippen MR) is 76.7 cm³/mol. The largest absolute Gasteiger partial charge is 0.370 e. The number of hydrogen-bond donors (Lipinski definition) is 0. The minimum absolute atomic E-state index is 0.570. The third kappa shape index (κ3) is 2.86. The molecule has 0 N–H and O–H groups in total. The normalized spacial score (nSPS) is 23.7. The number of carbonyl (C=O) groups excluding carboxylic acids is 1. The quantitative estimate of drug-likeness (QED) is 0.765. The van der Waals surface area contributed by atoms with Crippen molar-refractivity contribution in [3.05, 3.63) is 28.8 Å². The van der Waals surface area contributed by atoms with E-state index in [1.54, 1.807) is 6.07 Å². The Hall–Kier alpha value is -1.02. The zero-order valence-corrected chi connectivity index (χ0v) is 11.8. The van der Waals surface area contributed by atoms with Gasteiger partial charge in [0.15, 0.2) is 0 Å². The van der Waals surface area contributed by atoms with E-state index >= 15 is 0 Å². The molecule has 0 amide bonds. The molecular formula is C15H20ClNO. The molecule has 1 aliphatic rings. The van der Waals surface area contributed by atoms with E-state index in [0.29, 0.717) is 16.6 Å². The van der Waals surface area contributed by atoms with E-state index in [0.717, 1.165) is 17.9 Å². The predicted octanol–water partition coefficient (Wildman–Crippen LogP) is 4.17. The van der Waals surface area contributed by atoms with Gasteiger partial charge in [0.1, 0.15) is 6.29 Å². The molecule has 98 valence electrons. The molecule has 2 nitrogen and oxygen atoms in total. The average Bonchev–Trinajstić information content (AvgIpc) is 2.38. The molecule has 18 heavy (non-hydrogen) atoms. The van der Waals surface area contributed by atoms with Crippen molar-refractivity contribution in [2.75, 3.05) is 11.9 Å². The summed E-state index contributed by atoms with van der Waals surface area (Å²) in [5.74, 6) is 0.850. The molecule has 0 aliphatic heterocycles. The van der Waals surface area contributed by atoms with E-state index < -0.39 is 0 Å². The maximum absolute atomic E-state index is 10.7. The Morgan fingerprint density at radius 3 is 2.50 bits per heavy atom. The molecule has 0 aromatic heterocycles. The van der Waals surface area contributed by atoms with Gasteiger partial charge in [-0.2, -0.15) is 0 Å². The summed E-state index contributed by atoms with van der Waals surface area (Å²) in [6.45, 7) is 2.32. The van der Waals surface area contributed by atoms with Gasteiger partial charge in [0.2, 0.25) is 0 Å². The van der Waals surface area contributed by atoms with Crippen molar-refractivity contribution in [3.63, 3.8) is 0 Å². The van der Waals surface area contributed by atoms with Gasteiger partial charge in [0.05, 0.1) is 10.7 Å². The van der Waals surface area contributed by atoms with Crippen LogP contribution in [-0.2, 0) is 0 Å². The van der Waals surface area contributed by atoms with Crippen LogP contribution in [0.25, 0.3) is 0 Å². The fourth-order valence-electron chi connectivity index (χ4n) is 2.71. The highest BCUT2D eigenvalue weighted by molar-refractivity contribution is 6.33. The first-order valence-electron chi connectivity index (χ1n) is 6.59. The van der Waals surface area contributed by atoms with E-state index in [1.165, 1.54) is 25.7 Å². The summed E-state index contributed by atoms with van der Waals surface area (Å²) >= 11 is 6.25. The lowest BCUT2D eigenvalue weighted by Crippen LogP contribution is -2.34. The van der Waals surface area contributed by atoms with Gasteiger partial charge in [0.25, 0.3) is 0 Å². The Labute approximate surface area is 114 Å². The molecule has 2 rings (SSSR count). The van der Waals surface area contributed by atoms with E-state index in [9.17, 15) is 4.79 Å². The van der Waals surface area contributed by atoms with Crippen LogP contribution in [-0.4, -0.2) is 19.4 Å². The van der Waals surface area contributed by atoms with E-state index in [1.807, 2.05) is 12.1 Å². The highest BCUT2D eigenvalue weighted by Gasteiger charge is 2.22.